The molecule has 0 saturated heterocycles. The molecule has 5 nitrogen and oxygen atoms in total. The minimum Gasteiger partial charge on any atom is -0.488 e. The lowest BCUT2D eigenvalue weighted by atomic mass is 10.1. The molecular weight excluding hydrogens is 460 g/mol. The second-order valence-electron chi connectivity index (χ2n) is 7.55. The standard InChI is InChI=1S/C26H24ClF2N3O2/c1-17(11-25(30)32-26(33)12-18-5-3-2-4-6-18)31-15-20-13-21(27)8-10-24(20)34-16-19-7-9-22(28)14-23(19)29/h2-11,13-14,31H,12,15-16H2,1H3,(H2,30,32,33)/b17-11-. The van der Waals surface area contributed by atoms with Gasteiger partial charge in [0, 0.05) is 34.5 Å². The molecule has 0 aliphatic carbocycles. The number of carbonyl (C=O) groups is 1. The largest absolute Gasteiger partial charge is 0.488 e. The fourth-order valence-corrected chi connectivity index (χ4v) is 3.31. The van der Waals surface area contributed by atoms with Gasteiger partial charge in [-0.1, -0.05) is 41.9 Å². The Hall–Kier alpha value is -3.71. The van der Waals surface area contributed by atoms with Gasteiger partial charge in [-0.2, -0.15) is 4.99 Å². The van der Waals surface area contributed by atoms with Crippen LogP contribution in [0.15, 0.2) is 83.5 Å². The molecule has 0 bridgehead atoms. The number of allylic oxidation sites excluding steroid dienone is 1. The first-order valence-corrected chi connectivity index (χ1v) is 10.9. The first kappa shape index (κ1) is 24.9. The topological polar surface area (TPSA) is 76.7 Å². The van der Waals surface area contributed by atoms with E-state index in [0.29, 0.717) is 23.0 Å². The molecule has 3 N–H and O–H groups in total. The number of ether oxygens (including phenoxy) is 1. The quantitative estimate of drug-likeness (QED) is 0.319. The molecule has 0 heterocycles. The molecule has 34 heavy (non-hydrogen) atoms. The number of aliphatic imine (C=N–C) groups is 1. The van der Waals surface area contributed by atoms with Crippen LogP contribution in [0, 0.1) is 11.6 Å². The lowest BCUT2D eigenvalue weighted by Gasteiger charge is -2.14. The van der Waals surface area contributed by atoms with Crippen LogP contribution in [0.1, 0.15) is 23.6 Å². The molecule has 0 radical (unpaired) electrons. The number of benzene rings is 3. The highest BCUT2D eigenvalue weighted by atomic mass is 35.5. The molecule has 0 aliphatic heterocycles. The molecule has 0 atom stereocenters. The average molecular weight is 484 g/mol. The van der Waals surface area contributed by atoms with E-state index in [1.807, 2.05) is 30.3 Å². The van der Waals surface area contributed by atoms with Crippen LogP contribution in [0.5, 0.6) is 5.75 Å². The summed E-state index contributed by atoms with van der Waals surface area (Å²) in [6, 6.07) is 17.7. The van der Waals surface area contributed by atoms with Gasteiger partial charge in [-0.3, -0.25) is 4.79 Å². The fraction of sp³-hybridized carbons (Fsp3) is 0.154. The Morgan fingerprint density at radius 2 is 1.85 bits per heavy atom. The van der Waals surface area contributed by atoms with Crippen molar-refractivity contribution >= 4 is 23.3 Å². The number of nitrogens with two attached hydrogens (primary N) is 1. The minimum absolute atomic E-state index is 0.0707. The Morgan fingerprint density at radius 1 is 1.09 bits per heavy atom. The summed E-state index contributed by atoms with van der Waals surface area (Å²) in [5.41, 5.74) is 8.38. The summed E-state index contributed by atoms with van der Waals surface area (Å²) in [6.07, 6.45) is 1.72. The lowest BCUT2D eigenvalue weighted by Crippen LogP contribution is -2.17. The summed E-state index contributed by atoms with van der Waals surface area (Å²) in [6.45, 7) is 2.04. The van der Waals surface area contributed by atoms with Crippen molar-refractivity contribution in [1.82, 2.24) is 5.32 Å². The maximum absolute atomic E-state index is 13.9. The Balaban J connectivity index is 1.61. The maximum Gasteiger partial charge on any atom is 0.252 e. The van der Waals surface area contributed by atoms with Gasteiger partial charge in [-0.15, -0.1) is 0 Å². The molecule has 3 rings (SSSR count). The number of nitrogens with one attached hydrogen (secondary N) is 1. The second kappa shape index (κ2) is 12.0. The van der Waals surface area contributed by atoms with Crippen molar-refractivity contribution in [2.45, 2.75) is 26.5 Å². The highest BCUT2D eigenvalue weighted by Crippen LogP contribution is 2.24. The van der Waals surface area contributed by atoms with Crippen molar-refractivity contribution in [3.63, 3.8) is 0 Å². The summed E-state index contributed by atoms with van der Waals surface area (Å²) in [5, 5.41) is 3.67. The van der Waals surface area contributed by atoms with Crippen molar-refractivity contribution in [3.05, 3.63) is 112 Å². The van der Waals surface area contributed by atoms with E-state index < -0.39 is 11.6 Å². The Kier molecular flexibility index (Phi) is 8.76. The van der Waals surface area contributed by atoms with Crippen LogP contribution in [0.3, 0.4) is 0 Å². The van der Waals surface area contributed by atoms with Crippen molar-refractivity contribution in [2.75, 3.05) is 0 Å². The van der Waals surface area contributed by atoms with E-state index in [1.165, 1.54) is 12.1 Å². The van der Waals surface area contributed by atoms with E-state index in [9.17, 15) is 13.6 Å². The van der Waals surface area contributed by atoms with Gasteiger partial charge in [0.2, 0.25) is 0 Å². The average Bonchev–Trinajstić information content (AvgIpc) is 2.78. The molecular formula is C26H24ClF2N3O2. The summed E-state index contributed by atoms with van der Waals surface area (Å²) in [4.78, 5) is 16.0. The molecule has 0 aliphatic rings. The number of hydrogen-bond acceptors (Lipinski definition) is 3. The zero-order valence-corrected chi connectivity index (χ0v) is 19.3. The number of carbonyl (C=O) groups excluding carboxylic acids is 1. The van der Waals surface area contributed by atoms with Crippen LogP contribution in [0.4, 0.5) is 8.78 Å². The van der Waals surface area contributed by atoms with Gasteiger partial charge in [-0.25, -0.2) is 8.78 Å². The number of halogens is 3. The number of amidine groups is 1. The third-order valence-corrected chi connectivity index (χ3v) is 5.03. The smallest absolute Gasteiger partial charge is 0.252 e. The molecule has 0 saturated carbocycles. The summed E-state index contributed by atoms with van der Waals surface area (Å²) < 4.78 is 32.8. The molecule has 8 heteroatoms. The highest BCUT2D eigenvalue weighted by molar-refractivity contribution is 6.30. The van der Waals surface area contributed by atoms with Crippen molar-refractivity contribution in [3.8, 4) is 5.75 Å². The van der Waals surface area contributed by atoms with Crippen LogP contribution in [-0.4, -0.2) is 11.7 Å². The third-order valence-electron chi connectivity index (χ3n) is 4.79. The van der Waals surface area contributed by atoms with E-state index in [-0.39, 0.29) is 30.3 Å². The predicted molar refractivity (Wildman–Crippen MR) is 130 cm³/mol. The zero-order valence-electron chi connectivity index (χ0n) is 18.5. The van der Waals surface area contributed by atoms with Crippen LogP contribution < -0.4 is 15.8 Å². The highest BCUT2D eigenvalue weighted by Gasteiger charge is 2.09. The van der Waals surface area contributed by atoms with Gasteiger partial charge in [-0.05, 0) is 48.9 Å². The van der Waals surface area contributed by atoms with Crippen molar-refractivity contribution in [2.24, 2.45) is 10.7 Å². The lowest BCUT2D eigenvalue weighted by molar-refractivity contribution is -0.117. The normalized spacial score (nSPS) is 11.9. The summed E-state index contributed by atoms with van der Waals surface area (Å²) in [5.74, 6) is -1.09. The monoisotopic (exact) mass is 483 g/mol. The zero-order chi connectivity index (χ0) is 24.5. The van der Waals surface area contributed by atoms with Crippen LogP contribution in [0.2, 0.25) is 5.02 Å². The van der Waals surface area contributed by atoms with Gasteiger partial charge >= 0.3 is 0 Å². The number of hydrogen-bond donors (Lipinski definition) is 2. The molecule has 0 unspecified atom stereocenters. The maximum atomic E-state index is 13.9. The number of amides is 1. The molecule has 0 fully saturated rings. The fourth-order valence-electron chi connectivity index (χ4n) is 3.11. The number of nitrogens with zero attached hydrogens (tertiary/aromatic N) is 1. The van der Waals surface area contributed by atoms with Crippen LogP contribution in [0.25, 0.3) is 0 Å². The van der Waals surface area contributed by atoms with E-state index in [4.69, 9.17) is 22.1 Å². The van der Waals surface area contributed by atoms with Gasteiger partial charge in [0.15, 0.2) is 0 Å². The van der Waals surface area contributed by atoms with Gasteiger partial charge in [0.25, 0.3) is 5.91 Å². The molecule has 1 amide bonds. The first-order chi connectivity index (χ1) is 16.3. The van der Waals surface area contributed by atoms with Crippen molar-refractivity contribution in [1.29, 1.82) is 0 Å². The summed E-state index contributed by atoms with van der Waals surface area (Å²) >= 11 is 6.12. The van der Waals surface area contributed by atoms with E-state index in [2.05, 4.69) is 10.3 Å². The Morgan fingerprint density at radius 3 is 2.59 bits per heavy atom. The van der Waals surface area contributed by atoms with Crippen molar-refractivity contribution < 1.29 is 18.3 Å². The second-order valence-corrected chi connectivity index (χ2v) is 7.99. The Bertz CT molecular complexity index is 1210. The van der Waals surface area contributed by atoms with E-state index in [1.54, 1.807) is 31.2 Å². The molecule has 3 aromatic carbocycles. The van der Waals surface area contributed by atoms with E-state index >= 15 is 0 Å². The SMILES string of the molecule is C/C(=C/C(N)=NC(=O)Cc1ccccc1)NCc1cc(Cl)ccc1OCc1ccc(F)cc1F. The van der Waals surface area contributed by atoms with Gasteiger partial charge in [0.1, 0.15) is 29.8 Å². The Labute approximate surface area is 201 Å². The molecule has 176 valence electrons. The first-order valence-electron chi connectivity index (χ1n) is 10.5. The van der Waals surface area contributed by atoms with Gasteiger partial charge < -0.3 is 15.8 Å². The predicted octanol–water partition coefficient (Wildman–Crippen LogP) is 5.32. The minimum atomic E-state index is -0.677. The van der Waals surface area contributed by atoms with Gasteiger partial charge in [0.05, 0.1) is 6.42 Å². The van der Waals surface area contributed by atoms with Crippen LogP contribution >= 0.6 is 11.6 Å². The molecule has 0 aromatic heterocycles. The van der Waals surface area contributed by atoms with Crippen LogP contribution in [-0.2, 0) is 24.4 Å². The molecule has 0 spiro atoms. The summed E-state index contributed by atoms with van der Waals surface area (Å²) in [7, 11) is 0. The third kappa shape index (κ3) is 7.71. The molecule has 3 aromatic rings. The number of rotatable bonds is 9. The van der Waals surface area contributed by atoms with E-state index in [0.717, 1.165) is 17.2 Å².